The molecule has 0 aromatic heterocycles. The van der Waals surface area contributed by atoms with Crippen LogP contribution in [0.2, 0.25) is 0 Å². The summed E-state index contributed by atoms with van der Waals surface area (Å²) in [6.45, 7) is 0. The van der Waals surface area contributed by atoms with E-state index < -0.39 is 0 Å². The lowest BCUT2D eigenvalue weighted by atomic mass is 9.84. The fourth-order valence-electron chi connectivity index (χ4n) is 9.19. The Morgan fingerprint density at radius 3 is 1.15 bits per heavy atom. The molecule has 0 radical (unpaired) electrons. The molecule has 0 unspecified atom stereocenters. The van der Waals surface area contributed by atoms with Gasteiger partial charge in [0.2, 0.25) is 0 Å². The van der Waals surface area contributed by atoms with Crippen molar-refractivity contribution in [1.82, 2.24) is 0 Å². The summed E-state index contributed by atoms with van der Waals surface area (Å²) < 4.78 is 0. The Morgan fingerprint density at radius 1 is 0.210 bits per heavy atom. The van der Waals surface area contributed by atoms with E-state index in [9.17, 15) is 0 Å². The van der Waals surface area contributed by atoms with Gasteiger partial charge in [-0.15, -0.1) is 0 Å². The lowest BCUT2D eigenvalue weighted by molar-refractivity contribution is 1.29. The summed E-state index contributed by atoms with van der Waals surface area (Å²) in [6, 6.07) is 92.2. The van der Waals surface area contributed by atoms with Crippen molar-refractivity contribution in [2.45, 2.75) is 0 Å². The monoisotopic (exact) mass is 790 g/mol. The summed E-state index contributed by atoms with van der Waals surface area (Å²) in [6.07, 6.45) is 0. The highest BCUT2D eigenvalue weighted by Crippen LogP contribution is 2.49. The van der Waals surface area contributed by atoms with Gasteiger partial charge >= 0.3 is 0 Å². The van der Waals surface area contributed by atoms with Gasteiger partial charge in [0.15, 0.2) is 0 Å². The minimum atomic E-state index is 1.09. The van der Waals surface area contributed by atoms with Crippen LogP contribution in [-0.4, -0.2) is 0 Å². The molecule has 0 bridgehead atoms. The highest BCUT2D eigenvalue weighted by atomic mass is 15.1. The van der Waals surface area contributed by atoms with Crippen LogP contribution in [0.25, 0.3) is 65.7 Å². The van der Waals surface area contributed by atoms with E-state index in [2.05, 4.69) is 265 Å². The van der Waals surface area contributed by atoms with E-state index in [-0.39, 0.29) is 0 Å². The van der Waals surface area contributed by atoms with Gasteiger partial charge in [0.1, 0.15) is 0 Å². The Morgan fingerprint density at radius 2 is 0.597 bits per heavy atom. The Hall–Kier alpha value is -8.20. The van der Waals surface area contributed by atoms with E-state index in [0.29, 0.717) is 0 Å². The third-order valence-corrected chi connectivity index (χ3v) is 12.0. The van der Waals surface area contributed by atoms with Crippen LogP contribution >= 0.6 is 0 Å². The third kappa shape index (κ3) is 6.74. The average Bonchev–Trinajstić information content (AvgIpc) is 3.35. The standard InChI is InChI=1S/C60H42N2/c1-6-19-43(20-7-1)44-33-35-50(36-34-44)62(49-29-14-5-15-30-49)52-37-39-55-58(42-52)60(54-32-18-24-45-21-16-17-31-53(45)54)56-40-38-51(41-57(56)59(55)46-22-8-2-9-23-46)61(47-25-10-3-11-26-47)48-27-12-4-13-28-48/h1-42H. The first-order valence-electron chi connectivity index (χ1n) is 21.3. The second-order valence-electron chi connectivity index (χ2n) is 15.7. The molecule has 11 aromatic rings. The molecule has 0 fully saturated rings. The van der Waals surface area contributed by atoms with Crippen LogP contribution in [0.1, 0.15) is 0 Å². The Labute approximate surface area is 362 Å². The molecular weight excluding hydrogens is 749 g/mol. The predicted molar refractivity (Wildman–Crippen MR) is 265 cm³/mol. The summed E-state index contributed by atoms with van der Waals surface area (Å²) in [5.74, 6) is 0. The Bertz CT molecular complexity index is 3270. The number of benzene rings is 11. The number of hydrogen-bond acceptors (Lipinski definition) is 2. The van der Waals surface area contributed by atoms with Crippen LogP contribution in [-0.2, 0) is 0 Å². The fourth-order valence-corrected chi connectivity index (χ4v) is 9.19. The largest absolute Gasteiger partial charge is 0.310 e. The van der Waals surface area contributed by atoms with Gasteiger partial charge in [0, 0.05) is 34.1 Å². The van der Waals surface area contributed by atoms with E-state index in [0.717, 1.165) is 34.1 Å². The topological polar surface area (TPSA) is 6.48 Å². The van der Waals surface area contributed by atoms with Crippen molar-refractivity contribution in [2.75, 3.05) is 9.80 Å². The number of hydrogen-bond donors (Lipinski definition) is 0. The zero-order chi connectivity index (χ0) is 41.2. The smallest absolute Gasteiger partial charge is 0.0468 e. The Balaban J connectivity index is 1.22. The van der Waals surface area contributed by atoms with Crippen LogP contribution in [0.3, 0.4) is 0 Å². The molecule has 2 nitrogen and oxygen atoms in total. The van der Waals surface area contributed by atoms with E-state index in [4.69, 9.17) is 0 Å². The van der Waals surface area contributed by atoms with Gasteiger partial charge in [-0.05, 0) is 138 Å². The van der Waals surface area contributed by atoms with Crippen molar-refractivity contribution in [1.29, 1.82) is 0 Å². The van der Waals surface area contributed by atoms with Gasteiger partial charge in [-0.3, -0.25) is 0 Å². The first-order valence-corrected chi connectivity index (χ1v) is 21.3. The molecule has 0 heterocycles. The molecule has 2 heteroatoms. The van der Waals surface area contributed by atoms with Gasteiger partial charge in [-0.1, -0.05) is 182 Å². The second-order valence-corrected chi connectivity index (χ2v) is 15.7. The highest BCUT2D eigenvalue weighted by Gasteiger charge is 2.23. The molecule has 0 saturated carbocycles. The van der Waals surface area contributed by atoms with Crippen molar-refractivity contribution in [2.24, 2.45) is 0 Å². The van der Waals surface area contributed by atoms with E-state index >= 15 is 0 Å². The van der Waals surface area contributed by atoms with Crippen LogP contribution in [0.15, 0.2) is 255 Å². The number of anilines is 6. The normalized spacial score (nSPS) is 11.2. The lowest BCUT2D eigenvalue weighted by Crippen LogP contribution is -2.10. The first kappa shape index (κ1) is 36.8. The molecule has 0 aliphatic rings. The molecule has 0 saturated heterocycles. The summed E-state index contributed by atoms with van der Waals surface area (Å²) in [4.78, 5) is 4.74. The molecule has 0 aliphatic carbocycles. The molecule has 292 valence electrons. The SMILES string of the molecule is c1ccc(-c2ccc(N(c3ccccc3)c3ccc4c(-c5ccccc5)c5cc(N(c6ccccc6)c6ccccc6)ccc5c(-c5cccc6ccccc56)c4c3)cc2)cc1. The van der Waals surface area contributed by atoms with Gasteiger partial charge < -0.3 is 9.80 Å². The number of nitrogens with zero attached hydrogens (tertiary/aromatic N) is 2. The average molecular weight is 791 g/mol. The maximum atomic E-state index is 2.42. The van der Waals surface area contributed by atoms with Crippen LogP contribution in [0.5, 0.6) is 0 Å². The first-order chi connectivity index (χ1) is 30.8. The van der Waals surface area contributed by atoms with Crippen molar-refractivity contribution in [3.63, 3.8) is 0 Å². The van der Waals surface area contributed by atoms with Crippen LogP contribution < -0.4 is 9.80 Å². The van der Waals surface area contributed by atoms with E-state index in [1.807, 2.05) is 0 Å². The number of para-hydroxylation sites is 3. The molecule has 0 N–H and O–H groups in total. The van der Waals surface area contributed by atoms with Gasteiger partial charge in [0.25, 0.3) is 0 Å². The molecule has 0 aliphatic heterocycles. The van der Waals surface area contributed by atoms with Gasteiger partial charge in [0.05, 0.1) is 0 Å². The second kappa shape index (κ2) is 16.1. The Kier molecular flexibility index (Phi) is 9.57. The van der Waals surface area contributed by atoms with Gasteiger partial charge in [-0.2, -0.15) is 0 Å². The third-order valence-electron chi connectivity index (χ3n) is 12.0. The summed E-state index contributed by atoms with van der Waals surface area (Å²) in [5, 5.41) is 7.24. The maximum Gasteiger partial charge on any atom is 0.0468 e. The fraction of sp³-hybridized carbons (Fsp3) is 0. The van der Waals surface area contributed by atoms with Gasteiger partial charge in [-0.25, -0.2) is 0 Å². The molecule has 62 heavy (non-hydrogen) atoms. The molecule has 11 rings (SSSR count). The molecular formula is C60H42N2. The summed E-state index contributed by atoms with van der Waals surface area (Å²) >= 11 is 0. The van der Waals surface area contributed by atoms with Crippen molar-refractivity contribution in [3.05, 3.63) is 255 Å². The number of fused-ring (bicyclic) bond motifs is 3. The molecule has 0 spiro atoms. The van der Waals surface area contributed by atoms with Crippen molar-refractivity contribution in [3.8, 4) is 33.4 Å². The predicted octanol–water partition coefficient (Wildman–Crippen LogP) is 17.1. The quantitative estimate of drug-likeness (QED) is 0.134. The van der Waals surface area contributed by atoms with Crippen LogP contribution in [0.4, 0.5) is 34.1 Å². The maximum absolute atomic E-state index is 2.42. The minimum Gasteiger partial charge on any atom is -0.310 e. The molecule has 0 atom stereocenters. The van der Waals surface area contributed by atoms with Crippen LogP contribution in [0, 0.1) is 0 Å². The van der Waals surface area contributed by atoms with Crippen molar-refractivity contribution < 1.29 is 0 Å². The van der Waals surface area contributed by atoms with E-state index in [1.165, 1.54) is 65.7 Å². The molecule has 0 amide bonds. The lowest BCUT2D eigenvalue weighted by Gasteiger charge is -2.28. The summed E-state index contributed by atoms with van der Waals surface area (Å²) in [5.41, 5.74) is 13.8. The zero-order valence-electron chi connectivity index (χ0n) is 34.1. The zero-order valence-corrected chi connectivity index (χ0v) is 34.1. The number of rotatable bonds is 9. The van der Waals surface area contributed by atoms with Crippen molar-refractivity contribution >= 4 is 66.4 Å². The minimum absolute atomic E-state index is 1.09. The molecule has 11 aromatic carbocycles. The van der Waals surface area contributed by atoms with E-state index in [1.54, 1.807) is 0 Å². The summed E-state index contributed by atoms with van der Waals surface area (Å²) in [7, 11) is 0. The highest BCUT2D eigenvalue weighted by molar-refractivity contribution is 6.24.